The topological polar surface area (TPSA) is 67.0 Å². The van der Waals surface area contributed by atoms with Gasteiger partial charge in [-0.25, -0.2) is 0 Å². The van der Waals surface area contributed by atoms with E-state index >= 15 is 0 Å². The summed E-state index contributed by atoms with van der Waals surface area (Å²) in [6.07, 6.45) is 2.09. The van der Waals surface area contributed by atoms with Crippen molar-refractivity contribution >= 4 is 22.5 Å². The minimum atomic E-state index is -0.0501. The number of para-hydroxylation sites is 1. The molecule has 0 aliphatic heterocycles. The molecule has 0 atom stereocenters. The van der Waals surface area contributed by atoms with Crippen molar-refractivity contribution in [2.45, 2.75) is 20.3 Å². The Bertz CT molecular complexity index is 548. The van der Waals surface area contributed by atoms with E-state index < -0.39 is 0 Å². The van der Waals surface area contributed by atoms with E-state index in [9.17, 15) is 4.79 Å². The zero-order valence-corrected chi connectivity index (χ0v) is 11.3. The number of aromatic nitrogens is 2. The Balaban J connectivity index is 1.87. The Morgan fingerprint density at radius 1 is 1.47 bits per heavy atom. The van der Waals surface area contributed by atoms with Crippen LogP contribution in [0.15, 0.2) is 24.4 Å². The number of H-pyrrole nitrogens is 1. The predicted molar refractivity (Wildman–Crippen MR) is 75.0 cm³/mol. The number of anilines is 1. The highest BCUT2D eigenvalue weighted by atomic mass is 16.5. The van der Waals surface area contributed by atoms with Gasteiger partial charge in [0.15, 0.2) is 0 Å². The minimum absolute atomic E-state index is 0.0501. The second-order valence-corrected chi connectivity index (χ2v) is 4.91. The van der Waals surface area contributed by atoms with Crippen molar-refractivity contribution < 1.29 is 9.53 Å². The van der Waals surface area contributed by atoms with Crippen LogP contribution in [0.3, 0.4) is 0 Å². The van der Waals surface area contributed by atoms with Crippen molar-refractivity contribution in [1.29, 1.82) is 0 Å². The van der Waals surface area contributed by atoms with Gasteiger partial charge in [-0.2, -0.15) is 5.10 Å². The lowest BCUT2D eigenvalue weighted by Gasteiger charge is -2.08. The fourth-order valence-electron chi connectivity index (χ4n) is 1.77. The smallest absolute Gasteiger partial charge is 0.226 e. The largest absolute Gasteiger partial charge is 0.381 e. The monoisotopic (exact) mass is 261 g/mol. The summed E-state index contributed by atoms with van der Waals surface area (Å²) in [5, 5.41) is 10.7. The minimum Gasteiger partial charge on any atom is -0.381 e. The lowest BCUT2D eigenvalue weighted by molar-refractivity contribution is -0.117. The number of nitrogens with one attached hydrogen (secondary N) is 2. The van der Waals surface area contributed by atoms with Gasteiger partial charge in [-0.15, -0.1) is 0 Å². The van der Waals surface area contributed by atoms with Crippen LogP contribution in [0.1, 0.15) is 20.3 Å². The quantitative estimate of drug-likeness (QED) is 0.785. The van der Waals surface area contributed by atoms with E-state index in [2.05, 4.69) is 29.4 Å². The molecule has 5 heteroatoms. The molecule has 102 valence electrons. The summed E-state index contributed by atoms with van der Waals surface area (Å²) in [6.45, 7) is 5.30. The molecule has 0 aliphatic carbocycles. The van der Waals surface area contributed by atoms with Crippen molar-refractivity contribution in [2.24, 2.45) is 5.92 Å². The number of rotatable bonds is 6. The number of benzene rings is 1. The standard InChI is InChI=1S/C14H19N3O2/c1-10(2)9-19-7-6-13(18)16-12-5-3-4-11-8-15-17-14(11)12/h3-5,8,10H,6-7,9H2,1-2H3,(H,15,17)(H,16,18). The van der Waals surface area contributed by atoms with Crippen molar-refractivity contribution in [3.05, 3.63) is 24.4 Å². The number of hydrogen-bond acceptors (Lipinski definition) is 3. The number of fused-ring (bicyclic) bond motifs is 1. The SMILES string of the molecule is CC(C)COCCC(=O)Nc1cccc2cn[nH]c12. The van der Waals surface area contributed by atoms with Crippen LogP contribution in [0.2, 0.25) is 0 Å². The van der Waals surface area contributed by atoms with Gasteiger partial charge in [-0.1, -0.05) is 26.0 Å². The molecule has 2 aromatic rings. The third kappa shape index (κ3) is 3.79. The van der Waals surface area contributed by atoms with E-state index in [-0.39, 0.29) is 5.91 Å². The second kappa shape index (κ2) is 6.33. The maximum Gasteiger partial charge on any atom is 0.226 e. The van der Waals surface area contributed by atoms with Crippen LogP contribution < -0.4 is 5.32 Å². The summed E-state index contributed by atoms with van der Waals surface area (Å²) in [5.41, 5.74) is 1.60. The fraction of sp³-hybridized carbons (Fsp3) is 0.429. The number of carbonyl (C=O) groups excluding carboxylic acids is 1. The Morgan fingerprint density at radius 3 is 3.11 bits per heavy atom. The van der Waals surface area contributed by atoms with Gasteiger partial charge in [0, 0.05) is 12.0 Å². The molecule has 2 rings (SSSR count). The molecule has 0 radical (unpaired) electrons. The summed E-state index contributed by atoms with van der Waals surface area (Å²) in [5.74, 6) is 0.438. The van der Waals surface area contributed by atoms with E-state index in [1.54, 1.807) is 6.20 Å². The van der Waals surface area contributed by atoms with Gasteiger partial charge in [0.05, 0.1) is 30.4 Å². The molecule has 1 aromatic heterocycles. The molecule has 5 nitrogen and oxygen atoms in total. The number of amides is 1. The number of aromatic amines is 1. The van der Waals surface area contributed by atoms with Gasteiger partial charge in [0.1, 0.15) is 0 Å². The van der Waals surface area contributed by atoms with Gasteiger partial charge in [-0.05, 0) is 12.0 Å². The van der Waals surface area contributed by atoms with Crippen molar-refractivity contribution in [3.63, 3.8) is 0 Å². The zero-order valence-electron chi connectivity index (χ0n) is 11.3. The molecule has 1 heterocycles. The van der Waals surface area contributed by atoms with Crippen molar-refractivity contribution in [1.82, 2.24) is 10.2 Å². The van der Waals surface area contributed by atoms with Crippen LogP contribution in [0.4, 0.5) is 5.69 Å². The third-order valence-electron chi connectivity index (χ3n) is 2.68. The second-order valence-electron chi connectivity index (χ2n) is 4.91. The van der Waals surface area contributed by atoms with E-state index in [0.29, 0.717) is 25.6 Å². The summed E-state index contributed by atoms with van der Waals surface area (Å²) in [4.78, 5) is 11.8. The molecule has 2 N–H and O–H groups in total. The van der Waals surface area contributed by atoms with E-state index in [4.69, 9.17) is 4.74 Å². The zero-order chi connectivity index (χ0) is 13.7. The lowest BCUT2D eigenvalue weighted by Crippen LogP contribution is -2.15. The molecule has 0 fully saturated rings. The fourth-order valence-corrected chi connectivity index (χ4v) is 1.77. The number of nitrogens with zero attached hydrogens (tertiary/aromatic N) is 1. The first-order chi connectivity index (χ1) is 9.16. The molecule has 0 saturated heterocycles. The van der Waals surface area contributed by atoms with E-state index in [1.807, 2.05) is 18.2 Å². The molecule has 1 amide bonds. The van der Waals surface area contributed by atoms with Crippen LogP contribution in [0.5, 0.6) is 0 Å². The average Bonchev–Trinajstić information content (AvgIpc) is 2.84. The van der Waals surface area contributed by atoms with Gasteiger partial charge in [0.2, 0.25) is 5.91 Å². The Morgan fingerprint density at radius 2 is 2.32 bits per heavy atom. The Labute approximate surface area is 112 Å². The molecule has 19 heavy (non-hydrogen) atoms. The van der Waals surface area contributed by atoms with Gasteiger partial charge < -0.3 is 10.1 Å². The van der Waals surface area contributed by atoms with Gasteiger partial charge >= 0.3 is 0 Å². The Kier molecular flexibility index (Phi) is 4.52. The molecule has 0 unspecified atom stereocenters. The number of ether oxygens (including phenoxy) is 1. The molecular weight excluding hydrogens is 242 g/mol. The van der Waals surface area contributed by atoms with Gasteiger partial charge in [-0.3, -0.25) is 9.89 Å². The maximum absolute atomic E-state index is 11.8. The predicted octanol–water partition coefficient (Wildman–Crippen LogP) is 2.56. The highest BCUT2D eigenvalue weighted by Crippen LogP contribution is 2.20. The number of carbonyl (C=O) groups is 1. The third-order valence-corrected chi connectivity index (χ3v) is 2.68. The van der Waals surface area contributed by atoms with Crippen LogP contribution in [0.25, 0.3) is 10.9 Å². The van der Waals surface area contributed by atoms with Gasteiger partial charge in [0.25, 0.3) is 0 Å². The molecule has 0 spiro atoms. The van der Waals surface area contributed by atoms with Crippen LogP contribution in [-0.2, 0) is 9.53 Å². The summed E-state index contributed by atoms with van der Waals surface area (Å²) < 4.78 is 5.39. The van der Waals surface area contributed by atoms with Crippen LogP contribution in [-0.4, -0.2) is 29.3 Å². The average molecular weight is 261 g/mol. The van der Waals surface area contributed by atoms with Crippen molar-refractivity contribution in [2.75, 3.05) is 18.5 Å². The molecule has 0 aliphatic rings. The van der Waals surface area contributed by atoms with Crippen LogP contribution in [0, 0.1) is 5.92 Å². The highest BCUT2D eigenvalue weighted by Gasteiger charge is 2.07. The van der Waals surface area contributed by atoms with Crippen molar-refractivity contribution in [3.8, 4) is 0 Å². The summed E-state index contributed by atoms with van der Waals surface area (Å²) in [6, 6.07) is 5.69. The maximum atomic E-state index is 11.8. The molecule has 0 saturated carbocycles. The molecule has 0 bridgehead atoms. The first-order valence-corrected chi connectivity index (χ1v) is 6.46. The highest BCUT2D eigenvalue weighted by molar-refractivity contribution is 6.00. The summed E-state index contributed by atoms with van der Waals surface area (Å²) in [7, 11) is 0. The first kappa shape index (κ1) is 13.5. The summed E-state index contributed by atoms with van der Waals surface area (Å²) >= 11 is 0. The van der Waals surface area contributed by atoms with Crippen LogP contribution >= 0.6 is 0 Å². The lowest BCUT2D eigenvalue weighted by atomic mass is 10.2. The Hall–Kier alpha value is -1.88. The van der Waals surface area contributed by atoms with E-state index in [0.717, 1.165) is 16.6 Å². The molecule has 1 aromatic carbocycles. The number of hydrogen-bond donors (Lipinski definition) is 2. The normalized spacial score (nSPS) is 11.1. The van der Waals surface area contributed by atoms with E-state index in [1.165, 1.54) is 0 Å². The first-order valence-electron chi connectivity index (χ1n) is 6.46. The molecular formula is C14H19N3O2.